The van der Waals surface area contributed by atoms with Crippen LogP contribution in [0, 0.1) is 0 Å². The summed E-state index contributed by atoms with van der Waals surface area (Å²) in [5.41, 5.74) is 3.40. The molecule has 0 unspecified atom stereocenters. The Hall–Kier alpha value is -3.12. The first-order valence-electron chi connectivity index (χ1n) is 7.66. The number of carbonyl (C=O) groups excluding carboxylic acids is 2. The maximum atomic E-state index is 11.9. The van der Waals surface area contributed by atoms with Gasteiger partial charge in [0, 0.05) is 17.3 Å². The number of carbonyl (C=O) groups is 2. The Morgan fingerprint density at radius 3 is 2.28 bits per heavy atom. The minimum Gasteiger partial charge on any atom is -0.282 e. The lowest BCUT2D eigenvalue weighted by molar-refractivity contribution is -0.115. The Labute approximate surface area is 148 Å². The van der Waals surface area contributed by atoms with E-state index in [1.165, 1.54) is 0 Å². The average Bonchev–Trinajstić information content (AvgIpc) is 3.20. The van der Waals surface area contributed by atoms with Crippen LogP contribution in [0.4, 0.5) is 4.79 Å². The first-order chi connectivity index (χ1) is 12.2. The maximum Gasteiger partial charge on any atom is 0.290 e. The lowest BCUT2D eigenvalue weighted by Gasteiger charge is -2.00. The van der Waals surface area contributed by atoms with Crippen LogP contribution in [0.1, 0.15) is 5.56 Å². The highest BCUT2D eigenvalue weighted by Gasteiger charge is 2.26. The quantitative estimate of drug-likeness (QED) is 0.731. The molecule has 2 amide bonds. The summed E-state index contributed by atoms with van der Waals surface area (Å²) in [6.45, 7) is 0. The third-order valence-corrected chi connectivity index (χ3v) is 4.55. The summed E-state index contributed by atoms with van der Waals surface area (Å²) >= 11 is 0.902. The topological polar surface area (TPSA) is 64.0 Å². The van der Waals surface area contributed by atoms with E-state index in [1.807, 2.05) is 66.9 Å². The summed E-state index contributed by atoms with van der Waals surface area (Å²) < 4.78 is 1.77. The van der Waals surface area contributed by atoms with Gasteiger partial charge in [-0.05, 0) is 30.0 Å². The third-order valence-electron chi connectivity index (χ3n) is 3.74. The van der Waals surface area contributed by atoms with Crippen molar-refractivity contribution in [2.75, 3.05) is 0 Å². The molecule has 1 fully saturated rings. The van der Waals surface area contributed by atoms with Crippen LogP contribution >= 0.6 is 11.8 Å². The van der Waals surface area contributed by atoms with E-state index in [9.17, 15) is 9.59 Å². The fourth-order valence-electron chi connectivity index (χ4n) is 2.59. The molecule has 2 heterocycles. The minimum absolute atomic E-state index is 0.354. The highest BCUT2D eigenvalue weighted by atomic mass is 32.2. The molecule has 6 heteroatoms. The van der Waals surface area contributed by atoms with E-state index in [0.29, 0.717) is 4.91 Å². The Bertz CT molecular complexity index is 978. The fraction of sp³-hybridized carbons (Fsp3) is 0. The predicted molar refractivity (Wildman–Crippen MR) is 98.1 cm³/mol. The molecule has 3 aromatic rings. The van der Waals surface area contributed by atoms with Crippen LogP contribution in [-0.4, -0.2) is 20.9 Å². The van der Waals surface area contributed by atoms with Gasteiger partial charge in [0.05, 0.1) is 16.3 Å². The molecule has 25 heavy (non-hydrogen) atoms. The second kappa shape index (κ2) is 6.41. The Balaban J connectivity index is 1.84. The van der Waals surface area contributed by atoms with Crippen molar-refractivity contribution in [1.82, 2.24) is 15.1 Å². The number of imide groups is 1. The summed E-state index contributed by atoms with van der Waals surface area (Å²) in [6.07, 6.45) is 3.57. The van der Waals surface area contributed by atoms with Crippen molar-refractivity contribution in [1.29, 1.82) is 0 Å². The van der Waals surface area contributed by atoms with Crippen LogP contribution < -0.4 is 5.32 Å². The van der Waals surface area contributed by atoms with Crippen molar-refractivity contribution in [3.8, 4) is 16.9 Å². The molecular formula is C19H13N3O2S. The molecule has 1 aliphatic rings. The van der Waals surface area contributed by atoms with Gasteiger partial charge in [-0.15, -0.1) is 0 Å². The first-order valence-corrected chi connectivity index (χ1v) is 8.48. The molecule has 0 radical (unpaired) electrons. The van der Waals surface area contributed by atoms with Crippen molar-refractivity contribution in [2.45, 2.75) is 0 Å². The van der Waals surface area contributed by atoms with Crippen LogP contribution in [0.5, 0.6) is 0 Å². The number of rotatable bonds is 3. The van der Waals surface area contributed by atoms with E-state index < -0.39 is 0 Å². The van der Waals surface area contributed by atoms with Gasteiger partial charge >= 0.3 is 0 Å². The normalized spacial score (nSPS) is 15.6. The molecule has 2 aromatic carbocycles. The number of hydrogen-bond donors (Lipinski definition) is 1. The second-order valence-corrected chi connectivity index (χ2v) is 6.45. The number of aromatic nitrogens is 2. The Kier molecular flexibility index (Phi) is 3.95. The molecule has 0 bridgehead atoms. The molecular weight excluding hydrogens is 334 g/mol. The van der Waals surface area contributed by atoms with Crippen LogP contribution in [0.15, 0.2) is 71.8 Å². The van der Waals surface area contributed by atoms with E-state index in [1.54, 1.807) is 10.8 Å². The molecule has 0 aliphatic carbocycles. The van der Waals surface area contributed by atoms with E-state index in [-0.39, 0.29) is 11.1 Å². The molecule has 1 aliphatic heterocycles. The fourth-order valence-corrected chi connectivity index (χ4v) is 3.26. The van der Waals surface area contributed by atoms with Gasteiger partial charge in [-0.2, -0.15) is 5.10 Å². The molecule has 1 N–H and O–H groups in total. The van der Waals surface area contributed by atoms with Crippen LogP contribution in [0.3, 0.4) is 0 Å². The van der Waals surface area contributed by atoms with Crippen molar-refractivity contribution >= 4 is 29.0 Å². The van der Waals surface area contributed by atoms with Gasteiger partial charge < -0.3 is 0 Å². The largest absolute Gasteiger partial charge is 0.290 e. The van der Waals surface area contributed by atoms with Gasteiger partial charge in [-0.25, -0.2) is 4.68 Å². The predicted octanol–water partition coefficient (Wildman–Crippen LogP) is 3.86. The van der Waals surface area contributed by atoms with Crippen molar-refractivity contribution in [3.63, 3.8) is 0 Å². The molecule has 0 saturated carbocycles. The molecule has 1 aromatic heterocycles. The van der Waals surface area contributed by atoms with Crippen LogP contribution in [0.25, 0.3) is 23.0 Å². The highest BCUT2D eigenvalue weighted by molar-refractivity contribution is 8.18. The third kappa shape index (κ3) is 3.12. The van der Waals surface area contributed by atoms with E-state index >= 15 is 0 Å². The summed E-state index contributed by atoms with van der Waals surface area (Å²) in [6, 6.07) is 19.5. The molecule has 4 rings (SSSR count). The average molecular weight is 347 g/mol. The number of nitrogens with zero attached hydrogens (tertiary/aromatic N) is 2. The zero-order chi connectivity index (χ0) is 17.2. The maximum absolute atomic E-state index is 11.9. The van der Waals surface area contributed by atoms with E-state index in [2.05, 4.69) is 10.4 Å². The molecule has 1 saturated heterocycles. The Morgan fingerprint density at radius 1 is 0.960 bits per heavy atom. The van der Waals surface area contributed by atoms with Gasteiger partial charge in [0.25, 0.3) is 11.1 Å². The highest BCUT2D eigenvalue weighted by Crippen LogP contribution is 2.30. The minimum atomic E-state index is -0.374. The van der Waals surface area contributed by atoms with Gasteiger partial charge in [-0.1, -0.05) is 48.5 Å². The second-order valence-electron chi connectivity index (χ2n) is 5.43. The number of thioether (sulfide) groups is 1. The summed E-state index contributed by atoms with van der Waals surface area (Å²) in [5.74, 6) is -0.374. The van der Waals surface area contributed by atoms with Crippen LogP contribution in [-0.2, 0) is 4.79 Å². The van der Waals surface area contributed by atoms with Crippen molar-refractivity contribution < 1.29 is 9.59 Å². The molecule has 0 spiro atoms. The number of amides is 2. The Morgan fingerprint density at radius 2 is 1.64 bits per heavy atom. The van der Waals surface area contributed by atoms with Crippen molar-refractivity contribution in [2.24, 2.45) is 0 Å². The lowest BCUT2D eigenvalue weighted by Crippen LogP contribution is -2.17. The van der Waals surface area contributed by atoms with Gasteiger partial charge in [0.1, 0.15) is 0 Å². The van der Waals surface area contributed by atoms with Gasteiger partial charge in [0.2, 0.25) is 0 Å². The monoisotopic (exact) mass is 347 g/mol. The number of hydrogen-bond acceptors (Lipinski definition) is 4. The summed E-state index contributed by atoms with van der Waals surface area (Å²) in [4.78, 5) is 23.6. The molecule has 5 nitrogen and oxygen atoms in total. The molecule has 122 valence electrons. The summed E-state index contributed by atoms with van der Waals surface area (Å²) in [7, 11) is 0. The van der Waals surface area contributed by atoms with Gasteiger partial charge in [0.15, 0.2) is 0 Å². The van der Waals surface area contributed by atoms with E-state index in [0.717, 1.165) is 34.3 Å². The molecule has 0 atom stereocenters. The smallest absolute Gasteiger partial charge is 0.282 e. The SMILES string of the molecule is O=C1NC(=O)/C(=C/c2cn(-c3ccccc3)nc2-c2ccccc2)S1. The standard InChI is InChI=1S/C19H13N3O2S/c23-18-16(25-19(24)20-18)11-14-12-22(15-9-5-2-6-10-15)21-17(14)13-7-3-1-4-8-13/h1-12H,(H,20,23,24)/b16-11-. The van der Waals surface area contributed by atoms with E-state index in [4.69, 9.17) is 0 Å². The zero-order valence-electron chi connectivity index (χ0n) is 13.0. The van der Waals surface area contributed by atoms with Crippen molar-refractivity contribution in [3.05, 3.63) is 77.3 Å². The number of para-hydroxylation sites is 1. The number of nitrogens with one attached hydrogen (secondary N) is 1. The first kappa shape index (κ1) is 15.4. The van der Waals surface area contributed by atoms with Gasteiger partial charge in [-0.3, -0.25) is 14.9 Å². The number of benzene rings is 2. The summed E-state index contributed by atoms with van der Waals surface area (Å²) in [5, 5.41) is 6.60. The van der Waals surface area contributed by atoms with Crippen LogP contribution in [0.2, 0.25) is 0 Å². The lowest BCUT2D eigenvalue weighted by atomic mass is 10.1. The zero-order valence-corrected chi connectivity index (χ0v) is 13.9.